The minimum absolute atomic E-state index is 0.0467. The van der Waals surface area contributed by atoms with Crippen molar-refractivity contribution in [1.82, 2.24) is 9.97 Å². The van der Waals surface area contributed by atoms with Gasteiger partial charge in [0.15, 0.2) is 6.29 Å². The number of aliphatic hydroxyl groups excluding tert-OH is 1. The molecule has 0 radical (unpaired) electrons. The number of benzene rings is 2. The first-order chi connectivity index (χ1) is 34.8. The number of hydrogen-bond donors (Lipinski definition) is 1. The zero-order valence-corrected chi connectivity index (χ0v) is 41.6. The minimum atomic E-state index is -1.00. The van der Waals surface area contributed by atoms with Crippen molar-refractivity contribution in [2.45, 2.75) is 121 Å². The lowest BCUT2D eigenvalue weighted by atomic mass is 9.83. The van der Waals surface area contributed by atoms with Crippen LogP contribution in [0.3, 0.4) is 0 Å². The molecule has 71 heavy (non-hydrogen) atoms. The third-order valence-corrected chi connectivity index (χ3v) is 14.0. The van der Waals surface area contributed by atoms with Crippen molar-refractivity contribution in [1.29, 1.82) is 0 Å². The maximum absolute atomic E-state index is 11.3. The summed E-state index contributed by atoms with van der Waals surface area (Å²) in [5.74, 6) is 4.79. The molecule has 13 nitrogen and oxygen atoms in total. The molecule has 2 fully saturated rings. The third-order valence-electron chi connectivity index (χ3n) is 14.0. The van der Waals surface area contributed by atoms with E-state index in [9.17, 15) is 14.7 Å². The lowest BCUT2D eigenvalue weighted by molar-refractivity contribution is -0.137. The molecule has 7 rings (SSSR count). The van der Waals surface area contributed by atoms with Crippen LogP contribution in [-0.2, 0) is 33.3 Å². The average molecular weight is 977 g/mol. The lowest BCUT2D eigenvalue weighted by Crippen LogP contribution is -2.24. The summed E-state index contributed by atoms with van der Waals surface area (Å²) in [6.45, 7) is 11.4. The van der Waals surface area contributed by atoms with E-state index in [0.717, 1.165) is 161 Å². The molecule has 1 N–H and O–H groups in total. The van der Waals surface area contributed by atoms with Gasteiger partial charge in [-0.05, 0) is 169 Å². The quantitative estimate of drug-likeness (QED) is 0.0168. The van der Waals surface area contributed by atoms with Crippen LogP contribution < -0.4 is 14.2 Å². The number of esters is 1. The normalized spacial score (nSPS) is 22.7. The van der Waals surface area contributed by atoms with Crippen LogP contribution >= 0.6 is 0 Å². The van der Waals surface area contributed by atoms with E-state index >= 15 is 0 Å². The molecule has 384 valence electrons. The fourth-order valence-corrected chi connectivity index (χ4v) is 9.74. The van der Waals surface area contributed by atoms with Crippen molar-refractivity contribution in [2.75, 3.05) is 59.5 Å². The Labute approximate surface area is 420 Å². The smallest absolute Gasteiger partial charge is 0.330 e. The van der Waals surface area contributed by atoms with Gasteiger partial charge in [-0.3, -0.25) is 0 Å². The Hall–Kier alpha value is -5.34. The van der Waals surface area contributed by atoms with E-state index in [2.05, 4.69) is 37.5 Å². The maximum Gasteiger partial charge on any atom is 0.330 e. The van der Waals surface area contributed by atoms with Gasteiger partial charge < -0.3 is 47.8 Å². The molecule has 3 atom stereocenters. The Morgan fingerprint density at radius 2 is 1.38 bits per heavy atom. The van der Waals surface area contributed by atoms with Crippen molar-refractivity contribution in [3.8, 4) is 17.2 Å². The molecule has 3 unspecified atom stereocenters. The number of carbonyl (C=O) groups excluding carboxylic acids is 2. The van der Waals surface area contributed by atoms with E-state index in [1.807, 2.05) is 42.5 Å². The number of hydrogen-bond acceptors (Lipinski definition) is 13. The average Bonchev–Trinajstić information content (AvgIpc) is 3.42. The van der Waals surface area contributed by atoms with E-state index in [1.54, 1.807) is 0 Å². The Balaban J connectivity index is 0.910. The summed E-state index contributed by atoms with van der Waals surface area (Å²) < 4.78 is 47.2. The molecule has 0 bridgehead atoms. The molecule has 4 aliphatic carbocycles. The van der Waals surface area contributed by atoms with Gasteiger partial charge in [0.25, 0.3) is 0 Å². The van der Waals surface area contributed by atoms with Gasteiger partial charge in [0.2, 0.25) is 0 Å². The Morgan fingerprint density at radius 1 is 0.704 bits per heavy atom. The zero-order chi connectivity index (χ0) is 49.5. The predicted octanol–water partition coefficient (Wildman–Crippen LogP) is 11.0. The van der Waals surface area contributed by atoms with Crippen LogP contribution in [0.4, 0.5) is 0 Å². The molecule has 0 aliphatic heterocycles. The Morgan fingerprint density at radius 3 is 2.13 bits per heavy atom. The van der Waals surface area contributed by atoms with Crippen LogP contribution in [0.2, 0.25) is 0 Å². The molecule has 0 saturated heterocycles. The summed E-state index contributed by atoms with van der Waals surface area (Å²) >= 11 is 0. The minimum Gasteiger partial charge on any atom is -0.498 e. The molecule has 1 heterocycles. The molecule has 4 aliphatic rings. The highest BCUT2D eigenvalue weighted by molar-refractivity contribution is 5.82. The van der Waals surface area contributed by atoms with Gasteiger partial charge in [0, 0.05) is 36.0 Å². The van der Waals surface area contributed by atoms with E-state index < -0.39 is 6.29 Å². The van der Waals surface area contributed by atoms with Gasteiger partial charge in [-0.1, -0.05) is 25.3 Å². The van der Waals surface area contributed by atoms with E-state index in [4.69, 9.17) is 47.9 Å². The van der Waals surface area contributed by atoms with Crippen LogP contribution in [-0.4, -0.2) is 99.2 Å². The lowest BCUT2D eigenvalue weighted by Gasteiger charge is -2.29. The van der Waals surface area contributed by atoms with Gasteiger partial charge in [-0.2, -0.15) is 0 Å². The van der Waals surface area contributed by atoms with Gasteiger partial charge in [0.1, 0.15) is 30.1 Å². The molecular formula is C58H76N2O11. The van der Waals surface area contributed by atoms with Gasteiger partial charge >= 0.3 is 5.97 Å². The number of nitrogens with zero attached hydrogens (tertiary/aromatic N) is 2. The van der Waals surface area contributed by atoms with E-state index in [-0.39, 0.29) is 30.5 Å². The highest BCUT2D eigenvalue weighted by atomic mass is 16.6. The van der Waals surface area contributed by atoms with Crippen molar-refractivity contribution in [3.05, 3.63) is 109 Å². The number of ether oxygens (including phenoxy) is 8. The second-order valence-corrected chi connectivity index (χ2v) is 19.4. The standard InChI is InChI=1S/C58H76N2O11/c1-3-55(62)67-30-8-6-5-7-29-65-48-23-25-49(26-24-48)69-39-44-19-21-45(22-20-44)41-71-51-14-10-12-47(36-51)58-57(46-11-9-13-50(35-46)70-40-43-17-15-42(38-61)16-18-43)59-53-28-27-52(37-54(53)60-58)66-33-31-64-32-34-68-56(63)4-2/h3-4,10,12,23-28,35-38,42-46,51,56,63H,1-2,5-9,11,13-22,29-34,39-41H2. The first-order valence-electron chi connectivity index (χ1n) is 26.2. The van der Waals surface area contributed by atoms with Gasteiger partial charge in [-0.25, -0.2) is 14.8 Å². The number of fused-ring (bicyclic) bond motifs is 1. The molecule has 1 aromatic heterocycles. The number of carbonyl (C=O) groups is 2. The van der Waals surface area contributed by atoms with Crippen LogP contribution in [0.5, 0.6) is 17.2 Å². The number of aldehydes is 1. The molecule has 2 saturated carbocycles. The number of unbranched alkanes of at least 4 members (excludes halogenated alkanes) is 3. The second kappa shape index (κ2) is 29.2. The number of rotatable bonds is 30. The van der Waals surface area contributed by atoms with Crippen LogP contribution in [0.15, 0.2) is 97.8 Å². The summed E-state index contributed by atoms with van der Waals surface area (Å²) in [6, 6.07) is 13.8. The first-order valence-corrected chi connectivity index (χ1v) is 26.2. The van der Waals surface area contributed by atoms with Gasteiger partial charge in [-0.15, -0.1) is 0 Å². The highest BCUT2D eigenvalue weighted by Crippen LogP contribution is 2.38. The molecule has 2 aromatic carbocycles. The van der Waals surface area contributed by atoms with E-state index in [1.165, 1.54) is 12.2 Å². The van der Waals surface area contributed by atoms with Crippen molar-refractivity contribution in [3.63, 3.8) is 0 Å². The number of allylic oxidation sites excluding steroid dienone is 4. The van der Waals surface area contributed by atoms with Crippen LogP contribution in [0.1, 0.15) is 120 Å². The fourth-order valence-electron chi connectivity index (χ4n) is 9.74. The summed E-state index contributed by atoms with van der Waals surface area (Å²) in [4.78, 5) is 33.1. The topological polar surface area (TPSA) is 154 Å². The molecule has 3 aromatic rings. The summed E-state index contributed by atoms with van der Waals surface area (Å²) in [7, 11) is 0. The predicted molar refractivity (Wildman–Crippen MR) is 274 cm³/mol. The van der Waals surface area contributed by atoms with Crippen LogP contribution in [0.25, 0.3) is 16.6 Å². The fraction of sp³-hybridized carbons (Fsp3) is 0.552. The van der Waals surface area contributed by atoms with Gasteiger partial charge in [0.05, 0.1) is 87.1 Å². The van der Waals surface area contributed by atoms with Crippen LogP contribution in [0, 0.1) is 23.7 Å². The Bertz CT molecular complexity index is 2220. The largest absolute Gasteiger partial charge is 0.498 e. The summed E-state index contributed by atoms with van der Waals surface area (Å²) in [5, 5.41) is 9.49. The second-order valence-electron chi connectivity index (χ2n) is 19.4. The summed E-state index contributed by atoms with van der Waals surface area (Å²) in [5.41, 5.74) is 4.37. The third kappa shape index (κ3) is 17.7. The maximum atomic E-state index is 11.3. The SMILES string of the molecule is C=CC(=O)OCCCCCCOc1ccc(OCC2CCC(COC3C=C(c4nc5cc(OCCOCCOC(O)C=C)ccc5nc4C4C=C(OCC5CCC(C=O)CC5)CCC4)C=CC3)CC2)cc1. The first kappa shape index (κ1) is 53.5. The molecule has 13 heteroatoms. The number of aromatic nitrogens is 2. The zero-order valence-electron chi connectivity index (χ0n) is 41.6. The monoisotopic (exact) mass is 977 g/mol. The van der Waals surface area contributed by atoms with Crippen molar-refractivity contribution >= 4 is 28.9 Å². The molecule has 0 amide bonds. The van der Waals surface area contributed by atoms with E-state index in [0.29, 0.717) is 69.8 Å². The van der Waals surface area contributed by atoms with Crippen molar-refractivity contribution in [2.24, 2.45) is 23.7 Å². The van der Waals surface area contributed by atoms with Crippen molar-refractivity contribution < 1.29 is 52.6 Å². The summed E-state index contributed by atoms with van der Waals surface area (Å²) in [6.07, 6.45) is 27.3. The molecule has 0 spiro atoms. The molecular weight excluding hydrogens is 901 g/mol. The highest BCUT2D eigenvalue weighted by Gasteiger charge is 2.28. The Kier molecular flexibility index (Phi) is 22.0. The number of aliphatic hydroxyl groups is 1.